The third kappa shape index (κ3) is 31.0. The maximum atomic E-state index is 14.0. The lowest BCUT2D eigenvalue weighted by atomic mass is 9.98. The molecule has 0 aromatic heterocycles. The molecule has 0 aliphatic rings. The average molecular weight is 1330 g/mol. The van der Waals surface area contributed by atoms with Gasteiger partial charge in [0.15, 0.2) is 0 Å². The van der Waals surface area contributed by atoms with Crippen LogP contribution in [0.5, 0.6) is 0 Å². The number of carbonyl (C=O) groups excluding carboxylic acids is 8. The highest BCUT2D eigenvalue weighted by Crippen LogP contribution is 2.20. The van der Waals surface area contributed by atoms with E-state index in [4.69, 9.17) is 23.7 Å². The van der Waals surface area contributed by atoms with Gasteiger partial charge in [-0.3, -0.25) is 14.4 Å². The van der Waals surface area contributed by atoms with Crippen LogP contribution < -0.4 is 37.2 Å². The number of aryl methyl sites for hydroxylation is 6. The fraction of sp³-hybridized carbons (Fsp3) is 0.403. The van der Waals surface area contributed by atoms with Crippen LogP contribution in [0.2, 0.25) is 0 Å². The molecule has 0 fully saturated rings. The lowest BCUT2D eigenvalue weighted by Crippen LogP contribution is -2.33. The van der Waals surface area contributed by atoms with Crippen molar-refractivity contribution >= 4 is 48.1 Å². The molecule has 0 aliphatic carbocycles. The second kappa shape index (κ2) is 39.8. The minimum Gasteiger partial charge on any atom is -0.457 e. The molecule has 6 rings (SSSR count). The van der Waals surface area contributed by atoms with Crippen LogP contribution in [0, 0.1) is 0 Å². The van der Waals surface area contributed by atoms with Gasteiger partial charge < -0.3 is 60.9 Å². The number of rotatable bonds is 36. The first-order valence-corrected chi connectivity index (χ1v) is 33.4. The fourth-order valence-corrected chi connectivity index (χ4v) is 10.2. The van der Waals surface area contributed by atoms with E-state index in [1.807, 2.05) is 133 Å². The van der Waals surface area contributed by atoms with Crippen LogP contribution in [0.25, 0.3) is 0 Å². The Morgan fingerprint density at radius 2 is 0.608 bits per heavy atom. The summed E-state index contributed by atoms with van der Waals surface area (Å²) in [5.41, 5.74) is 9.32. The standard InChI is InChI=1S/C77H97N7O13/c1-54(2)71(88)93-51-58-33-31-55(32-34-58)50-84-70(87)67-48-59(25-15-35-78-68(85)65-44-61(27-17-37-80-72(89)94-52-56-21-11-9-12-22-56)42-63(46-65)29-19-39-82-74(91)96-76(3,4)5)41-60(49-67)26-16-36-79-69(86)66-45-62(28-18-38-81-73(90)95-53-57-23-13-10-14-24-57)43-64(47-66)30-20-40-83-75(92)97-77(6,7)8/h9-14,21-24,31-34,41-49H,1,15-20,25-30,35-40,50-53H2,2-8H3,(H,78,85)(H,79,86)(H,80,89)(H,81,90)(H,82,91)(H,83,92)(H,84,87). The minimum absolute atomic E-state index is 0.0897. The Morgan fingerprint density at radius 1 is 0.330 bits per heavy atom. The molecule has 0 radical (unpaired) electrons. The van der Waals surface area contributed by atoms with Crippen LogP contribution in [-0.2, 0) is 93.4 Å². The van der Waals surface area contributed by atoms with Crippen LogP contribution in [0.3, 0.4) is 0 Å². The highest BCUT2D eigenvalue weighted by atomic mass is 16.6. The summed E-state index contributed by atoms with van der Waals surface area (Å²) in [6, 6.07) is 43.6. The number of carbonyl (C=O) groups is 8. The van der Waals surface area contributed by atoms with E-state index < -0.39 is 41.5 Å². The molecule has 0 spiro atoms. The molecule has 518 valence electrons. The molecular formula is C77H97N7O13. The number of amides is 7. The smallest absolute Gasteiger partial charge is 0.407 e. The van der Waals surface area contributed by atoms with Gasteiger partial charge in [0.25, 0.3) is 17.7 Å². The molecule has 0 atom stereocenters. The Morgan fingerprint density at radius 3 is 0.928 bits per heavy atom. The predicted octanol–water partition coefficient (Wildman–Crippen LogP) is 12.6. The topological polar surface area (TPSA) is 267 Å². The Kier molecular flexibility index (Phi) is 31.2. The number of hydrogen-bond acceptors (Lipinski definition) is 13. The van der Waals surface area contributed by atoms with Crippen molar-refractivity contribution in [3.63, 3.8) is 0 Å². The molecule has 6 aromatic rings. The van der Waals surface area contributed by atoms with Crippen LogP contribution in [-0.4, -0.2) is 98.5 Å². The second-order valence-corrected chi connectivity index (χ2v) is 25.9. The first kappa shape index (κ1) is 76.0. The zero-order valence-electron chi connectivity index (χ0n) is 57.3. The van der Waals surface area contributed by atoms with E-state index in [0.717, 1.165) is 55.6 Å². The van der Waals surface area contributed by atoms with E-state index in [1.165, 1.54) is 0 Å². The Bertz CT molecular complexity index is 3380. The first-order chi connectivity index (χ1) is 46.4. The molecule has 0 saturated carbocycles. The van der Waals surface area contributed by atoms with Crippen molar-refractivity contribution in [1.82, 2.24) is 37.2 Å². The van der Waals surface area contributed by atoms with E-state index in [0.29, 0.717) is 139 Å². The average Bonchev–Trinajstić information content (AvgIpc) is 0.960. The molecule has 20 heteroatoms. The Labute approximate surface area is 571 Å². The number of alkyl carbamates (subject to hydrolysis) is 4. The zero-order chi connectivity index (χ0) is 70.0. The third-order valence-corrected chi connectivity index (χ3v) is 14.9. The van der Waals surface area contributed by atoms with Crippen LogP contribution in [0.15, 0.2) is 152 Å². The van der Waals surface area contributed by atoms with Gasteiger partial charge in [0.1, 0.15) is 31.0 Å². The van der Waals surface area contributed by atoms with Crippen LogP contribution >= 0.6 is 0 Å². The van der Waals surface area contributed by atoms with Gasteiger partial charge in [0, 0.05) is 68.1 Å². The maximum absolute atomic E-state index is 14.0. The first-order valence-electron chi connectivity index (χ1n) is 33.4. The third-order valence-electron chi connectivity index (χ3n) is 14.9. The van der Waals surface area contributed by atoms with Crippen LogP contribution in [0.4, 0.5) is 19.2 Å². The summed E-state index contributed by atoms with van der Waals surface area (Å²) in [6.45, 7) is 18.8. The number of benzene rings is 6. The van der Waals surface area contributed by atoms with Crippen molar-refractivity contribution in [3.05, 3.63) is 224 Å². The maximum Gasteiger partial charge on any atom is 0.407 e. The van der Waals surface area contributed by atoms with Crippen LogP contribution in [0.1, 0.15) is 174 Å². The quantitative estimate of drug-likeness (QED) is 0.00836. The Balaban J connectivity index is 1.10. The molecule has 0 saturated heterocycles. The van der Waals surface area contributed by atoms with Crippen molar-refractivity contribution in [2.24, 2.45) is 0 Å². The van der Waals surface area contributed by atoms with Crippen molar-refractivity contribution < 1.29 is 62.0 Å². The van der Waals surface area contributed by atoms with Gasteiger partial charge in [-0.15, -0.1) is 0 Å². The molecule has 0 unspecified atom stereocenters. The van der Waals surface area contributed by atoms with Gasteiger partial charge >= 0.3 is 30.3 Å². The number of ether oxygens (including phenoxy) is 5. The molecule has 20 nitrogen and oxygen atoms in total. The van der Waals surface area contributed by atoms with Crippen molar-refractivity contribution in [1.29, 1.82) is 0 Å². The number of esters is 1. The highest BCUT2D eigenvalue weighted by Gasteiger charge is 2.19. The number of hydrogen-bond donors (Lipinski definition) is 7. The van der Waals surface area contributed by atoms with Gasteiger partial charge in [-0.25, -0.2) is 24.0 Å². The van der Waals surface area contributed by atoms with Gasteiger partial charge in [-0.1, -0.05) is 110 Å². The zero-order valence-corrected chi connectivity index (χ0v) is 57.3. The van der Waals surface area contributed by atoms with E-state index in [9.17, 15) is 38.4 Å². The SMILES string of the molecule is C=C(C)C(=O)OCc1ccc(CNC(=O)c2cc(CCCNC(=O)c3cc(CCCNC(=O)OCc4ccccc4)cc(CCCNC(=O)OC(C)(C)C)c3)cc(CCCNC(=O)c3cc(CCCNC(=O)OCc4ccccc4)cc(CCCNC(=O)OC(C)(C)C)c3)c2)cc1. The van der Waals surface area contributed by atoms with Crippen molar-refractivity contribution in [2.45, 2.75) is 163 Å². The predicted molar refractivity (Wildman–Crippen MR) is 374 cm³/mol. The van der Waals surface area contributed by atoms with Gasteiger partial charge in [0.2, 0.25) is 0 Å². The van der Waals surface area contributed by atoms with E-state index >= 15 is 0 Å². The van der Waals surface area contributed by atoms with E-state index in [2.05, 4.69) is 49.9 Å². The second-order valence-electron chi connectivity index (χ2n) is 25.9. The summed E-state index contributed by atoms with van der Waals surface area (Å²) in [5, 5.41) is 20.5. The highest BCUT2D eigenvalue weighted by molar-refractivity contribution is 5.96. The number of nitrogens with one attached hydrogen (secondary N) is 7. The molecule has 0 bridgehead atoms. The molecule has 0 aliphatic heterocycles. The monoisotopic (exact) mass is 1330 g/mol. The Hall–Kier alpha value is -9.98. The molecule has 97 heavy (non-hydrogen) atoms. The van der Waals surface area contributed by atoms with Crippen molar-refractivity contribution in [2.75, 3.05) is 39.3 Å². The summed E-state index contributed by atoms with van der Waals surface area (Å²) in [4.78, 5) is 104. The van der Waals surface area contributed by atoms with Gasteiger partial charge in [0.05, 0.1) is 0 Å². The minimum atomic E-state index is -0.632. The summed E-state index contributed by atoms with van der Waals surface area (Å²) in [7, 11) is 0. The summed E-state index contributed by atoms with van der Waals surface area (Å²) in [6.07, 6.45) is 4.84. The molecule has 7 N–H and O–H groups in total. The van der Waals surface area contributed by atoms with Gasteiger partial charge in [-0.05, 0) is 218 Å². The summed E-state index contributed by atoms with van der Waals surface area (Å²) in [5.74, 6) is -1.27. The largest absolute Gasteiger partial charge is 0.457 e. The molecule has 6 aromatic carbocycles. The van der Waals surface area contributed by atoms with E-state index in [1.54, 1.807) is 48.5 Å². The molecule has 0 heterocycles. The molecule has 7 amide bonds. The fourth-order valence-electron chi connectivity index (χ4n) is 10.2. The van der Waals surface area contributed by atoms with Gasteiger partial charge in [-0.2, -0.15) is 0 Å². The normalized spacial score (nSPS) is 11.1. The lowest BCUT2D eigenvalue weighted by molar-refractivity contribution is -0.140. The summed E-state index contributed by atoms with van der Waals surface area (Å²) < 4.78 is 26.8. The summed E-state index contributed by atoms with van der Waals surface area (Å²) >= 11 is 0. The van der Waals surface area contributed by atoms with Crippen molar-refractivity contribution in [3.8, 4) is 0 Å². The molecular weight excluding hydrogens is 1230 g/mol. The lowest BCUT2D eigenvalue weighted by Gasteiger charge is -2.19. The van der Waals surface area contributed by atoms with E-state index in [-0.39, 0.29) is 44.1 Å².